The smallest absolute Gasteiger partial charge is 0.00414 e. The third kappa shape index (κ3) is 2.94. The third-order valence-corrected chi connectivity index (χ3v) is 4.41. The zero-order valence-corrected chi connectivity index (χ0v) is 10.3. The molecule has 2 aliphatic rings. The first-order chi connectivity index (χ1) is 7.29. The van der Waals surface area contributed by atoms with Crippen LogP contribution in [0.3, 0.4) is 0 Å². The molecular weight excluding hydrogens is 184 g/mol. The molecule has 2 heteroatoms. The van der Waals surface area contributed by atoms with Crippen molar-refractivity contribution in [3.8, 4) is 0 Å². The maximum atomic E-state index is 3.56. The van der Waals surface area contributed by atoms with Gasteiger partial charge in [-0.2, -0.15) is 0 Å². The molecule has 0 aromatic heterocycles. The first-order valence-corrected chi connectivity index (χ1v) is 6.75. The highest BCUT2D eigenvalue weighted by Gasteiger charge is 2.28. The van der Waals surface area contributed by atoms with Crippen molar-refractivity contribution in [2.75, 3.05) is 26.2 Å². The van der Waals surface area contributed by atoms with Gasteiger partial charge in [0, 0.05) is 6.04 Å². The molecule has 2 rings (SSSR count). The fraction of sp³-hybridized carbons (Fsp3) is 1.00. The molecule has 1 N–H and O–H groups in total. The molecule has 88 valence electrons. The number of rotatable bonds is 2. The molecule has 0 amide bonds. The van der Waals surface area contributed by atoms with Crippen molar-refractivity contribution in [1.82, 2.24) is 10.2 Å². The van der Waals surface area contributed by atoms with Gasteiger partial charge in [0.1, 0.15) is 0 Å². The van der Waals surface area contributed by atoms with Gasteiger partial charge >= 0.3 is 0 Å². The topological polar surface area (TPSA) is 15.3 Å². The molecule has 2 nitrogen and oxygen atoms in total. The van der Waals surface area contributed by atoms with Gasteiger partial charge in [-0.25, -0.2) is 0 Å². The molecule has 2 unspecified atom stereocenters. The molecule has 2 atom stereocenters. The summed E-state index contributed by atoms with van der Waals surface area (Å²) in [7, 11) is 0. The lowest BCUT2D eigenvalue weighted by molar-refractivity contribution is 0.126. The second kappa shape index (κ2) is 5.31. The molecule has 2 heterocycles. The quantitative estimate of drug-likeness (QED) is 0.751. The first kappa shape index (κ1) is 11.4. The summed E-state index contributed by atoms with van der Waals surface area (Å²) in [5, 5.41) is 3.56. The number of nitrogens with zero attached hydrogens (tertiary/aromatic N) is 1. The first-order valence-electron chi connectivity index (χ1n) is 6.75. The Bertz CT molecular complexity index is 185. The van der Waals surface area contributed by atoms with Gasteiger partial charge in [0.15, 0.2) is 0 Å². The summed E-state index contributed by atoms with van der Waals surface area (Å²) >= 11 is 0. The molecule has 0 aromatic rings. The summed E-state index contributed by atoms with van der Waals surface area (Å²) in [6, 6.07) is 0.757. The van der Waals surface area contributed by atoms with Crippen LogP contribution in [0.25, 0.3) is 0 Å². The molecule has 0 aromatic carbocycles. The molecule has 0 spiro atoms. The Labute approximate surface area is 94.4 Å². The largest absolute Gasteiger partial charge is 0.314 e. The molecule has 2 saturated heterocycles. The van der Waals surface area contributed by atoms with Crippen molar-refractivity contribution < 1.29 is 0 Å². The minimum absolute atomic E-state index is 0.757. The lowest BCUT2D eigenvalue weighted by Crippen LogP contribution is -2.42. The summed E-state index contributed by atoms with van der Waals surface area (Å²) in [5.41, 5.74) is 0. The summed E-state index contributed by atoms with van der Waals surface area (Å²) in [4.78, 5) is 2.60. The van der Waals surface area contributed by atoms with E-state index in [0.29, 0.717) is 0 Å². The summed E-state index contributed by atoms with van der Waals surface area (Å²) in [6.45, 7) is 9.81. The second-order valence-electron chi connectivity index (χ2n) is 5.41. The van der Waals surface area contributed by atoms with E-state index < -0.39 is 0 Å². The van der Waals surface area contributed by atoms with Crippen molar-refractivity contribution >= 4 is 0 Å². The van der Waals surface area contributed by atoms with Crippen LogP contribution in [0, 0.1) is 11.8 Å². The normalized spacial score (nSPS) is 35.6. The van der Waals surface area contributed by atoms with Gasteiger partial charge in [0.25, 0.3) is 0 Å². The maximum absolute atomic E-state index is 3.56. The summed E-state index contributed by atoms with van der Waals surface area (Å²) in [5.74, 6) is 2.04. The number of nitrogens with one attached hydrogen (secondary N) is 1. The van der Waals surface area contributed by atoms with Crippen LogP contribution in [0.1, 0.15) is 39.5 Å². The Morgan fingerprint density at radius 2 is 1.87 bits per heavy atom. The van der Waals surface area contributed by atoms with E-state index in [9.17, 15) is 0 Å². The van der Waals surface area contributed by atoms with E-state index in [0.717, 1.165) is 17.9 Å². The highest BCUT2D eigenvalue weighted by molar-refractivity contribution is 4.83. The van der Waals surface area contributed by atoms with Gasteiger partial charge < -0.3 is 10.2 Å². The van der Waals surface area contributed by atoms with Gasteiger partial charge in [-0.15, -0.1) is 0 Å². The van der Waals surface area contributed by atoms with Crippen molar-refractivity contribution in [3.05, 3.63) is 0 Å². The van der Waals surface area contributed by atoms with E-state index in [1.54, 1.807) is 0 Å². The maximum Gasteiger partial charge on any atom is 0.00414 e. The average Bonchev–Trinajstić information content (AvgIpc) is 2.29. The predicted molar refractivity (Wildman–Crippen MR) is 65.0 cm³/mol. The van der Waals surface area contributed by atoms with Crippen molar-refractivity contribution in [3.63, 3.8) is 0 Å². The SMILES string of the molecule is CCN1CCC(C2CCNC(C)C2)CC1. The fourth-order valence-electron chi connectivity index (χ4n) is 3.34. The zero-order valence-electron chi connectivity index (χ0n) is 10.3. The molecule has 2 aliphatic heterocycles. The van der Waals surface area contributed by atoms with Crippen molar-refractivity contribution in [2.45, 2.75) is 45.6 Å². The standard InChI is InChI=1S/C13H26N2/c1-3-15-8-5-12(6-9-15)13-4-7-14-11(2)10-13/h11-14H,3-10H2,1-2H3. The van der Waals surface area contributed by atoms with Crippen LogP contribution in [0.5, 0.6) is 0 Å². The van der Waals surface area contributed by atoms with E-state index in [1.165, 1.54) is 51.9 Å². The highest BCUT2D eigenvalue weighted by atomic mass is 15.1. The Morgan fingerprint density at radius 1 is 1.13 bits per heavy atom. The van der Waals surface area contributed by atoms with Crippen molar-refractivity contribution in [1.29, 1.82) is 0 Å². The molecule has 0 radical (unpaired) electrons. The molecule has 0 saturated carbocycles. The molecular formula is C13H26N2. The van der Waals surface area contributed by atoms with Crippen LogP contribution in [-0.2, 0) is 0 Å². The lowest BCUT2D eigenvalue weighted by atomic mass is 9.77. The van der Waals surface area contributed by atoms with Crippen LogP contribution < -0.4 is 5.32 Å². The number of likely N-dealkylation sites (tertiary alicyclic amines) is 1. The van der Waals surface area contributed by atoms with Crippen molar-refractivity contribution in [2.24, 2.45) is 11.8 Å². The summed E-state index contributed by atoms with van der Waals surface area (Å²) in [6.07, 6.45) is 5.73. The van der Waals surface area contributed by atoms with E-state index in [1.807, 2.05) is 0 Å². The van der Waals surface area contributed by atoms with Crippen LogP contribution >= 0.6 is 0 Å². The van der Waals surface area contributed by atoms with Crippen LogP contribution in [0.4, 0.5) is 0 Å². The van der Waals surface area contributed by atoms with Crippen LogP contribution in [0.2, 0.25) is 0 Å². The average molecular weight is 210 g/mol. The van der Waals surface area contributed by atoms with Crippen LogP contribution in [-0.4, -0.2) is 37.1 Å². The van der Waals surface area contributed by atoms with E-state index in [2.05, 4.69) is 24.1 Å². The second-order valence-corrected chi connectivity index (χ2v) is 5.41. The Hall–Kier alpha value is -0.0800. The number of hydrogen-bond acceptors (Lipinski definition) is 2. The third-order valence-electron chi connectivity index (χ3n) is 4.41. The summed E-state index contributed by atoms with van der Waals surface area (Å²) < 4.78 is 0. The van der Waals surface area contributed by atoms with Gasteiger partial charge in [-0.3, -0.25) is 0 Å². The van der Waals surface area contributed by atoms with Gasteiger partial charge in [-0.05, 0) is 70.6 Å². The lowest BCUT2D eigenvalue weighted by Gasteiger charge is -2.39. The van der Waals surface area contributed by atoms with E-state index in [4.69, 9.17) is 0 Å². The molecule has 0 aliphatic carbocycles. The molecule has 0 bridgehead atoms. The molecule has 15 heavy (non-hydrogen) atoms. The monoisotopic (exact) mass is 210 g/mol. The fourth-order valence-corrected chi connectivity index (χ4v) is 3.34. The minimum atomic E-state index is 0.757. The minimum Gasteiger partial charge on any atom is -0.314 e. The molecule has 2 fully saturated rings. The predicted octanol–water partition coefficient (Wildman–Crippen LogP) is 2.11. The van der Waals surface area contributed by atoms with E-state index in [-0.39, 0.29) is 0 Å². The zero-order chi connectivity index (χ0) is 10.7. The van der Waals surface area contributed by atoms with Gasteiger partial charge in [0.05, 0.1) is 0 Å². The van der Waals surface area contributed by atoms with Crippen LogP contribution in [0.15, 0.2) is 0 Å². The van der Waals surface area contributed by atoms with Gasteiger partial charge in [0.2, 0.25) is 0 Å². The Morgan fingerprint density at radius 3 is 2.47 bits per heavy atom. The Kier molecular flexibility index (Phi) is 4.04. The highest BCUT2D eigenvalue weighted by Crippen LogP contribution is 2.32. The Balaban J connectivity index is 1.79. The number of piperidine rings is 2. The van der Waals surface area contributed by atoms with E-state index >= 15 is 0 Å². The number of hydrogen-bond donors (Lipinski definition) is 1. The van der Waals surface area contributed by atoms with Gasteiger partial charge in [-0.1, -0.05) is 6.92 Å².